The first-order valence-corrected chi connectivity index (χ1v) is 8.25. The minimum Gasteiger partial charge on any atom is -0.462 e. The van der Waals surface area contributed by atoms with Crippen LogP contribution in [0.2, 0.25) is 0 Å². The molecule has 0 bridgehead atoms. The van der Waals surface area contributed by atoms with Gasteiger partial charge in [-0.15, -0.1) is 11.3 Å². The number of rotatable bonds is 4. The fraction of sp³-hybridized carbons (Fsp3) is 0.200. The van der Waals surface area contributed by atoms with Crippen molar-refractivity contribution in [3.63, 3.8) is 0 Å². The third-order valence-electron chi connectivity index (χ3n) is 2.68. The second-order valence-electron chi connectivity index (χ2n) is 4.28. The second kappa shape index (κ2) is 7.04. The van der Waals surface area contributed by atoms with Crippen molar-refractivity contribution in [3.05, 3.63) is 49.9 Å². The van der Waals surface area contributed by atoms with Crippen LogP contribution in [0.25, 0.3) is 0 Å². The summed E-state index contributed by atoms with van der Waals surface area (Å²) < 4.78 is 6.06. The number of aryl methyl sites for hydroxylation is 1. The lowest BCUT2D eigenvalue weighted by atomic mass is 10.2. The van der Waals surface area contributed by atoms with Crippen molar-refractivity contribution >= 4 is 50.8 Å². The van der Waals surface area contributed by atoms with E-state index in [1.165, 1.54) is 11.3 Å². The average Bonchev–Trinajstić information content (AvgIpc) is 2.80. The van der Waals surface area contributed by atoms with Crippen LogP contribution < -0.4 is 5.32 Å². The van der Waals surface area contributed by atoms with E-state index in [0.717, 1.165) is 8.45 Å². The van der Waals surface area contributed by atoms with Crippen molar-refractivity contribution in [2.45, 2.75) is 13.8 Å². The molecular formula is C15H14INO3S. The maximum Gasteiger partial charge on any atom is 0.341 e. The minimum absolute atomic E-state index is 0.237. The molecule has 1 N–H and O–H groups in total. The van der Waals surface area contributed by atoms with Crippen molar-refractivity contribution < 1.29 is 14.3 Å². The Morgan fingerprint density at radius 1 is 1.29 bits per heavy atom. The molecule has 1 amide bonds. The molecule has 1 aromatic carbocycles. The topological polar surface area (TPSA) is 55.4 Å². The van der Waals surface area contributed by atoms with Gasteiger partial charge in [0.25, 0.3) is 5.91 Å². The van der Waals surface area contributed by atoms with E-state index in [4.69, 9.17) is 4.74 Å². The van der Waals surface area contributed by atoms with Crippen LogP contribution in [0.3, 0.4) is 0 Å². The highest BCUT2D eigenvalue weighted by molar-refractivity contribution is 14.1. The molecule has 0 aliphatic rings. The molecule has 0 saturated heterocycles. The number of anilines is 1. The van der Waals surface area contributed by atoms with Gasteiger partial charge in [0.05, 0.1) is 12.2 Å². The summed E-state index contributed by atoms with van der Waals surface area (Å²) >= 11 is 3.54. The molecule has 2 aromatic rings. The number of nitrogens with one attached hydrogen (secondary N) is 1. The van der Waals surface area contributed by atoms with Gasteiger partial charge in [0, 0.05) is 14.0 Å². The Kier molecular flexibility index (Phi) is 5.35. The van der Waals surface area contributed by atoms with Gasteiger partial charge < -0.3 is 10.1 Å². The Bertz CT molecular complexity index is 664. The molecule has 0 radical (unpaired) electrons. The first kappa shape index (κ1) is 16.0. The van der Waals surface area contributed by atoms with E-state index in [-0.39, 0.29) is 5.91 Å². The zero-order valence-electron chi connectivity index (χ0n) is 11.6. The van der Waals surface area contributed by atoms with E-state index < -0.39 is 5.97 Å². The van der Waals surface area contributed by atoms with Gasteiger partial charge in [-0.05, 0) is 66.8 Å². The number of hydrogen-bond donors (Lipinski definition) is 1. The number of benzene rings is 1. The summed E-state index contributed by atoms with van der Waals surface area (Å²) in [4.78, 5) is 25.0. The van der Waals surface area contributed by atoms with E-state index in [2.05, 4.69) is 27.9 Å². The highest BCUT2D eigenvalue weighted by Gasteiger charge is 2.18. The Morgan fingerprint density at radius 3 is 2.57 bits per heavy atom. The van der Waals surface area contributed by atoms with E-state index in [1.54, 1.807) is 25.1 Å². The van der Waals surface area contributed by atoms with Gasteiger partial charge in [-0.25, -0.2) is 4.79 Å². The van der Waals surface area contributed by atoms with Gasteiger partial charge in [-0.3, -0.25) is 4.79 Å². The Labute approximate surface area is 140 Å². The molecule has 0 spiro atoms. The van der Waals surface area contributed by atoms with Crippen LogP contribution in [0, 0.1) is 10.5 Å². The Morgan fingerprint density at radius 2 is 1.95 bits per heavy atom. The van der Waals surface area contributed by atoms with Crippen LogP contribution in [-0.4, -0.2) is 18.5 Å². The van der Waals surface area contributed by atoms with Crippen LogP contribution >= 0.6 is 33.9 Å². The molecule has 0 aliphatic heterocycles. The van der Waals surface area contributed by atoms with Crippen molar-refractivity contribution in [1.29, 1.82) is 0 Å². The molecule has 0 saturated carbocycles. The van der Waals surface area contributed by atoms with Crippen molar-refractivity contribution in [2.24, 2.45) is 0 Å². The second-order valence-corrected chi connectivity index (χ2v) is 6.78. The lowest BCUT2D eigenvalue weighted by molar-refractivity contribution is 0.0528. The van der Waals surface area contributed by atoms with Crippen molar-refractivity contribution in [1.82, 2.24) is 0 Å². The molecule has 0 atom stereocenters. The summed E-state index contributed by atoms with van der Waals surface area (Å²) in [6.45, 7) is 3.94. The monoisotopic (exact) mass is 415 g/mol. The van der Waals surface area contributed by atoms with Gasteiger partial charge in [0.1, 0.15) is 5.00 Å². The summed E-state index contributed by atoms with van der Waals surface area (Å²) in [5, 5.41) is 3.31. The minimum atomic E-state index is -0.417. The van der Waals surface area contributed by atoms with Crippen molar-refractivity contribution in [2.75, 3.05) is 11.9 Å². The molecule has 0 unspecified atom stereocenters. The fourth-order valence-electron chi connectivity index (χ4n) is 1.74. The number of thiophene rings is 1. The SMILES string of the molecule is CCOC(=O)c1cc(C)sc1NC(=O)c1ccc(I)cc1. The molecule has 6 heteroatoms. The standard InChI is InChI=1S/C15H14INO3S/c1-3-20-15(19)12-8-9(2)21-14(12)17-13(18)10-4-6-11(16)7-5-10/h4-8H,3H2,1-2H3,(H,17,18). The maximum atomic E-state index is 12.2. The van der Waals surface area contributed by atoms with E-state index >= 15 is 0 Å². The van der Waals surface area contributed by atoms with Crippen LogP contribution in [0.5, 0.6) is 0 Å². The van der Waals surface area contributed by atoms with Crippen LogP contribution in [-0.2, 0) is 4.74 Å². The van der Waals surface area contributed by atoms with E-state index in [1.807, 2.05) is 19.1 Å². The highest BCUT2D eigenvalue weighted by atomic mass is 127. The third-order valence-corrected chi connectivity index (χ3v) is 4.37. The van der Waals surface area contributed by atoms with Crippen LogP contribution in [0.15, 0.2) is 30.3 Å². The molecule has 1 heterocycles. The number of carbonyl (C=O) groups is 2. The summed E-state index contributed by atoms with van der Waals surface area (Å²) in [6.07, 6.45) is 0. The number of esters is 1. The predicted octanol–water partition coefficient (Wildman–Crippen LogP) is 4.09. The average molecular weight is 415 g/mol. The molecule has 110 valence electrons. The first-order chi connectivity index (χ1) is 10.0. The Hall–Kier alpha value is -1.41. The third kappa shape index (κ3) is 4.04. The number of hydrogen-bond acceptors (Lipinski definition) is 4. The van der Waals surface area contributed by atoms with Gasteiger partial charge in [-0.2, -0.15) is 0 Å². The summed E-state index contributed by atoms with van der Waals surface area (Å²) in [7, 11) is 0. The van der Waals surface area contributed by atoms with Gasteiger partial charge >= 0.3 is 5.97 Å². The smallest absolute Gasteiger partial charge is 0.341 e. The highest BCUT2D eigenvalue weighted by Crippen LogP contribution is 2.28. The summed E-state index contributed by atoms with van der Waals surface area (Å²) in [6, 6.07) is 8.96. The molecule has 0 aliphatic carbocycles. The molecule has 4 nitrogen and oxygen atoms in total. The first-order valence-electron chi connectivity index (χ1n) is 6.35. The van der Waals surface area contributed by atoms with Gasteiger partial charge in [0.15, 0.2) is 0 Å². The van der Waals surface area contributed by atoms with Crippen molar-refractivity contribution in [3.8, 4) is 0 Å². The number of halogens is 1. The molecule has 0 fully saturated rings. The number of ether oxygens (including phenoxy) is 1. The molecular weight excluding hydrogens is 401 g/mol. The van der Waals surface area contributed by atoms with Gasteiger partial charge in [-0.1, -0.05) is 0 Å². The largest absolute Gasteiger partial charge is 0.462 e. The molecule has 1 aromatic heterocycles. The fourth-order valence-corrected chi connectivity index (χ4v) is 3.00. The van der Waals surface area contributed by atoms with Gasteiger partial charge in [0.2, 0.25) is 0 Å². The van der Waals surface area contributed by atoms with E-state index in [0.29, 0.717) is 22.7 Å². The zero-order chi connectivity index (χ0) is 15.4. The quantitative estimate of drug-likeness (QED) is 0.605. The lowest BCUT2D eigenvalue weighted by Crippen LogP contribution is -2.14. The predicted molar refractivity (Wildman–Crippen MR) is 92.1 cm³/mol. The molecule has 21 heavy (non-hydrogen) atoms. The number of amides is 1. The summed E-state index contributed by atoms with van der Waals surface area (Å²) in [5.74, 6) is -0.654. The van der Waals surface area contributed by atoms with Crippen LogP contribution in [0.1, 0.15) is 32.5 Å². The zero-order valence-corrected chi connectivity index (χ0v) is 14.6. The molecule has 2 rings (SSSR count). The lowest BCUT2D eigenvalue weighted by Gasteiger charge is -2.06. The van der Waals surface area contributed by atoms with E-state index in [9.17, 15) is 9.59 Å². The van der Waals surface area contributed by atoms with Crippen LogP contribution in [0.4, 0.5) is 5.00 Å². The number of carbonyl (C=O) groups excluding carboxylic acids is 2. The normalized spacial score (nSPS) is 10.2. The maximum absolute atomic E-state index is 12.2. The summed E-state index contributed by atoms with van der Waals surface area (Å²) in [5.41, 5.74) is 0.953. The Balaban J connectivity index is 2.21.